The zero-order valence-electron chi connectivity index (χ0n) is 14.3. The Hall–Kier alpha value is -1.64. The monoisotopic (exact) mass is 367 g/mol. The molecule has 2 aliphatic heterocycles. The van der Waals surface area contributed by atoms with Crippen LogP contribution in [0.3, 0.4) is 0 Å². The largest absolute Gasteiger partial charge is 0.379 e. The van der Waals surface area contributed by atoms with E-state index >= 15 is 0 Å². The van der Waals surface area contributed by atoms with Gasteiger partial charge in [-0.05, 0) is 18.1 Å². The minimum atomic E-state index is -3.38. The molecule has 0 bridgehead atoms. The van der Waals surface area contributed by atoms with Crippen LogP contribution in [-0.4, -0.2) is 70.3 Å². The van der Waals surface area contributed by atoms with E-state index in [1.54, 1.807) is 0 Å². The summed E-state index contributed by atoms with van der Waals surface area (Å²) in [6.07, 6.45) is 1.03. The molecular weight excluding hydrogens is 342 g/mol. The highest BCUT2D eigenvalue weighted by Crippen LogP contribution is 2.26. The number of hydrogen-bond donors (Lipinski definition) is 1. The number of ether oxygens (including phenoxy) is 1. The van der Waals surface area contributed by atoms with Crippen molar-refractivity contribution in [3.63, 3.8) is 0 Å². The third-order valence-electron chi connectivity index (χ3n) is 4.64. The molecule has 8 heteroatoms. The van der Waals surface area contributed by atoms with Crippen LogP contribution < -0.4 is 10.2 Å². The van der Waals surface area contributed by atoms with Gasteiger partial charge in [0.05, 0.1) is 19.0 Å². The molecule has 3 rings (SSSR count). The fourth-order valence-electron chi connectivity index (χ4n) is 3.23. The van der Waals surface area contributed by atoms with Crippen molar-refractivity contribution < 1.29 is 17.9 Å². The maximum absolute atomic E-state index is 12.2. The van der Waals surface area contributed by atoms with Gasteiger partial charge in [0.2, 0.25) is 15.9 Å². The molecule has 0 aromatic heterocycles. The Bertz CT molecular complexity index is 702. The number of amides is 1. The normalized spacial score (nSPS) is 18.2. The van der Waals surface area contributed by atoms with Crippen LogP contribution in [0.4, 0.5) is 5.69 Å². The van der Waals surface area contributed by atoms with Gasteiger partial charge in [-0.2, -0.15) is 4.31 Å². The van der Waals surface area contributed by atoms with Crippen LogP contribution in [0.1, 0.15) is 12.0 Å². The first-order chi connectivity index (χ1) is 12.1. The van der Waals surface area contributed by atoms with Crippen molar-refractivity contribution in [2.75, 3.05) is 56.6 Å². The molecule has 0 spiro atoms. The Kier molecular flexibility index (Phi) is 5.93. The second-order valence-corrected chi connectivity index (χ2v) is 8.38. The second-order valence-electron chi connectivity index (χ2n) is 6.29. The highest BCUT2D eigenvalue weighted by molar-refractivity contribution is 7.89. The fraction of sp³-hybridized carbons (Fsp3) is 0.588. The van der Waals surface area contributed by atoms with Crippen molar-refractivity contribution in [3.8, 4) is 0 Å². The molecule has 1 aromatic carbocycles. The number of carbonyl (C=O) groups is 1. The first kappa shape index (κ1) is 18.2. The Morgan fingerprint density at radius 1 is 1.16 bits per heavy atom. The quantitative estimate of drug-likeness (QED) is 0.746. The van der Waals surface area contributed by atoms with Crippen molar-refractivity contribution in [2.24, 2.45) is 0 Å². The van der Waals surface area contributed by atoms with E-state index < -0.39 is 10.0 Å². The van der Waals surface area contributed by atoms with Crippen molar-refractivity contribution >= 4 is 21.6 Å². The van der Waals surface area contributed by atoms with Gasteiger partial charge in [0, 0.05) is 44.8 Å². The van der Waals surface area contributed by atoms with Crippen LogP contribution in [0.25, 0.3) is 0 Å². The molecule has 1 saturated heterocycles. The van der Waals surface area contributed by atoms with Gasteiger partial charge in [-0.1, -0.05) is 18.2 Å². The lowest BCUT2D eigenvalue weighted by Gasteiger charge is -2.25. The number of hydrogen-bond acceptors (Lipinski definition) is 5. The first-order valence-corrected chi connectivity index (χ1v) is 10.3. The highest BCUT2D eigenvalue weighted by Gasteiger charge is 2.25. The Balaban J connectivity index is 1.39. The van der Waals surface area contributed by atoms with Crippen molar-refractivity contribution in [1.29, 1.82) is 0 Å². The van der Waals surface area contributed by atoms with E-state index in [1.807, 2.05) is 12.1 Å². The van der Waals surface area contributed by atoms with Gasteiger partial charge in [-0.25, -0.2) is 8.42 Å². The number of carbonyl (C=O) groups excluding carboxylic acids is 1. The lowest BCUT2D eigenvalue weighted by molar-refractivity contribution is -0.120. The maximum Gasteiger partial charge on any atom is 0.221 e. The van der Waals surface area contributed by atoms with E-state index in [4.69, 9.17) is 4.74 Å². The van der Waals surface area contributed by atoms with Crippen molar-refractivity contribution in [2.45, 2.75) is 12.8 Å². The summed E-state index contributed by atoms with van der Waals surface area (Å²) in [5.41, 5.74) is 2.57. The van der Waals surface area contributed by atoms with Crippen LogP contribution in [-0.2, 0) is 26.0 Å². The van der Waals surface area contributed by atoms with Gasteiger partial charge < -0.3 is 15.0 Å². The lowest BCUT2D eigenvalue weighted by Crippen LogP contribution is -2.42. The molecule has 7 nitrogen and oxygen atoms in total. The SMILES string of the molecule is O=C(CCS(=O)(=O)N1CCOCC1)NCCN1CCc2ccccc21. The van der Waals surface area contributed by atoms with E-state index in [2.05, 4.69) is 22.3 Å². The number of morpholine rings is 1. The van der Waals surface area contributed by atoms with Crippen LogP contribution in [0.5, 0.6) is 0 Å². The van der Waals surface area contributed by atoms with Gasteiger partial charge in [-0.15, -0.1) is 0 Å². The molecule has 2 aliphatic rings. The van der Waals surface area contributed by atoms with E-state index in [1.165, 1.54) is 15.6 Å². The Labute approximate surface area is 149 Å². The number of anilines is 1. The minimum absolute atomic E-state index is 0.00369. The number of nitrogens with one attached hydrogen (secondary N) is 1. The molecule has 1 N–H and O–H groups in total. The summed E-state index contributed by atoms with van der Waals surface area (Å²) in [7, 11) is -3.38. The first-order valence-electron chi connectivity index (χ1n) is 8.71. The minimum Gasteiger partial charge on any atom is -0.379 e. The van der Waals surface area contributed by atoms with Gasteiger partial charge in [0.25, 0.3) is 0 Å². The summed E-state index contributed by atoms with van der Waals surface area (Å²) in [6, 6.07) is 8.29. The average Bonchev–Trinajstić information content (AvgIpc) is 3.04. The van der Waals surface area contributed by atoms with Gasteiger partial charge >= 0.3 is 0 Å². The lowest BCUT2D eigenvalue weighted by atomic mass is 10.2. The Morgan fingerprint density at radius 3 is 2.72 bits per heavy atom. The van der Waals surface area contributed by atoms with Gasteiger partial charge in [0.1, 0.15) is 0 Å². The molecule has 0 aliphatic carbocycles. The number of benzene rings is 1. The van der Waals surface area contributed by atoms with E-state index in [-0.39, 0.29) is 18.1 Å². The van der Waals surface area contributed by atoms with E-state index in [9.17, 15) is 13.2 Å². The molecule has 0 unspecified atom stereocenters. The number of para-hydroxylation sites is 1. The fourth-order valence-corrected chi connectivity index (χ4v) is 4.64. The smallest absolute Gasteiger partial charge is 0.221 e. The highest BCUT2D eigenvalue weighted by atomic mass is 32.2. The molecule has 2 heterocycles. The van der Waals surface area contributed by atoms with Crippen LogP contribution in [0.2, 0.25) is 0 Å². The van der Waals surface area contributed by atoms with Crippen LogP contribution in [0.15, 0.2) is 24.3 Å². The topological polar surface area (TPSA) is 79.0 Å². The van der Waals surface area contributed by atoms with Gasteiger partial charge in [-0.3, -0.25) is 4.79 Å². The van der Waals surface area contributed by atoms with Crippen molar-refractivity contribution in [3.05, 3.63) is 29.8 Å². The molecule has 1 fully saturated rings. The molecular formula is C17H25N3O4S. The molecule has 1 amide bonds. The summed E-state index contributed by atoms with van der Waals surface area (Å²) in [6.45, 7) is 3.80. The summed E-state index contributed by atoms with van der Waals surface area (Å²) in [5.74, 6) is -0.366. The molecule has 0 atom stereocenters. The van der Waals surface area contributed by atoms with E-state index in [0.717, 1.165) is 19.5 Å². The zero-order chi connectivity index (χ0) is 17.7. The van der Waals surface area contributed by atoms with Gasteiger partial charge in [0.15, 0.2) is 0 Å². The van der Waals surface area contributed by atoms with Crippen molar-refractivity contribution in [1.82, 2.24) is 9.62 Å². The summed E-state index contributed by atoms with van der Waals surface area (Å²) in [5, 5.41) is 2.83. The molecule has 25 heavy (non-hydrogen) atoms. The zero-order valence-corrected chi connectivity index (χ0v) is 15.1. The standard InChI is InChI=1S/C17H25N3O4S/c21-17(6-14-25(22,23)20-10-12-24-13-11-20)18-7-9-19-8-5-15-3-1-2-4-16(15)19/h1-4H,5-14H2,(H,18,21). The number of sulfonamides is 1. The van der Waals surface area contributed by atoms with Crippen LogP contribution >= 0.6 is 0 Å². The number of fused-ring (bicyclic) bond motifs is 1. The predicted octanol–water partition coefficient (Wildman–Crippen LogP) is 0.217. The molecule has 1 aromatic rings. The predicted molar refractivity (Wildman–Crippen MR) is 96.2 cm³/mol. The average molecular weight is 367 g/mol. The summed E-state index contributed by atoms with van der Waals surface area (Å²) < 4.78 is 30.9. The molecule has 0 saturated carbocycles. The second kappa shape index (κ2) is 8.16. The number of nitrogens with zero attached hydrogens (tertiary/aromatic N) is 2. The van der Waals surface area contributed by atoms with Crippen LogP contribution in [0, 0.1) is 0 Å². The molecule has 0 radical (unpaired) electrons. The third kappa shape index (κ3) is 4.71. The maximum atomic E-state index is 12.2. The Morgan fingerprint density at radius 2 is 1.92 bits per heavy atom. The number of rotatable bonds is 7. The third-order valence-corrected chi connectivity index (χ3v) is 6.51. The summed E-state index contributed by atoms with van der Waals surface area (Å²) >= 11 is 0. The summed E-state index contributed by atoms with van der Waals surface area (Å²) in [4.78, 5) is 14.2. The molecule has 138 valence electrons. The van der Waals surface area contributed by atoms with E-state index in [0.29, 0.717) is 32.8 Å².